The molecule has 1 heterocycles. The lowest BCUT2D eigenvalue weighted by Gasteiger charge is -2.16. The van der Waals surface area contributed by atoms with Crippen LogP contribution in [0.2, 0.25) is 0 Å². The van der Waals surface area contributed by atoms with Crippen LogP contribution in [-0.2, 0) is 0 Å². The molecule has 0 amide bonds. The number of para-hydroxylation sites is 1. The summed E-state index contributed by atoms with van der Waals surface area (Å²) in [5.74, 6) is 0. The fraction of sp³-hybridized carbons (Fsp3) is 0. The third-order valence-corrected chi connectivity index (χ3v) is 11.4. The summed E-state index contributed by atoms with van der Waals surface area (Å²) >= 11 is 0. The van der Waals surface area contributed by atoms with E-state index in [1.165, 1.54) is 65.3 Å². The maximum atomic E-state index is 9.76. The van der Waals surface area contributed by atoms with Gasteiger partial charge >= 0.3 is 0 Å². The van der Waals surface area contributed by atoms with Gasteiger partial charge in [-0.05, 0) is 137 Å². The van der Waals surface area contributed by atoms with Crippen molar-refractivity contribution in [3.63, 3.8) is 0 Å². The summed E-state index contributed by atoms with van der Waals surface area (Å²) in [6.07, 6.45) is 0. The molecule has 254 valence electrons. The number of nitrogens with zero attached hydrogens (tertiary/aromatic N) is 2. The van der Waals surface area contributed by atoms with Gasteiger partial charge in [-0.15, -0.1) is 0 Å². The topological polar surface area (TPSA) is 28.7 Å². The molecule has 11 rings (SSSR count). The Bertz CT molecular complexity index is 3360. The monoisotopic (exact) mass is 696 g/mol. The number of nitriles is 1. The lowest BCUT2D eigenvalue weighted by atomic mass is 9.87. The number of hydrogen-bond acceptors (Lipinski definition) is 1. The first kappa shape index (κ1) is 31.1. The van der Waals surface area contributed by atoms with Crippen molar-refractivity contribution in [1.29, 1.82) is 5.26 Å². The summed E-state index contributed by atoms with van der Waals surface area (Å²) in [4.78, 5) is 0. The van der Waals surface area contributed by atoms with Gasteiger partial charge < -0.3 is 4.57 Å². The third kappa shape index (κ3) is 4.95. The second-order valence-electron chi connectivity index (χ2n) is 14.4. The molecule has 1 aromatic heterocycles. The molecule has 0 radical (unpaired) electrons. The highest BCUT2D eigenvalue weighted by atomic mass is 15.0. The van der Waals surface area contributed by atoms with Crippen molar-refractivity contribution in [2.75, 3.05) is 0 Å². The smallest absolute Gasteiger partial charge is 0.0991 e. The van der Waals surface area contributed by atoms with Crippen LogP contribution in [0.25, 0.3) is 104 Å². The molecule has 11 aromatic rings. The minimum absolute atomic E-state index is 0.662. The van der Waals surface area contributed by atoms with E-state index in [1.54, 1.807) is 0 Å². The van der Waals surface area contributed by atoms with Gasteiger partial charge in [0.2, 0.25) is 0 Å². The van der Waals surface area contributed by atoms with Crippen LogP contribution in [-0.4, -0.2) is 4.57 Å². The van der Waals surface area contributed by atoms with Crippen molar-refractivity contribution in [3.8, 4) is 45.1 Å². The van der Waals surface area contributed by atoms with Crippen LogP contribution in [0.3, 0.4) is 0 Å². The first-order chi connectivity index (χ1) is 27.2. The molecule has 0 bridgehead atoms. The fourth-order valence-electron chi connectivity index (χ4n) is 8.76. The summed E-state index contributed by atoms with van der Waals surface area (Å²) in [5.41, 5.74) is 11.2. The average Bonchev–Trinajstić information content (AvgIpc) is 3.59. The van der Waals surface area contributed by atoms with Gasteiger partial charge in [0.25, 0.3) is 0 Å². The standard InChI is InChI=1S/C53H32N2/c54-33-34-18-26-52-50(28-34)51-30-39(25-27-53(51)55(52)41-12-2-1-3-13-41)36-19-22-37(23-20-36)46-31-48-45-17-9-7-15-43(45)47(32-49(48)44-16-8-6-14-42(44)46)40-24-21-35-10-4-5-11-38(35)29-40/h1-32H. The Balaban J connectivity index is 1.06. The van der Waals surface area contributed by atoms with Crippen molar-refractivity contribution in [3.05, 3.63) is 200 Å². The zero-order chi connectivity index (χ0) is 36.5. The molecular formula is C53H32N2. The van der Waals surface area contributed by atoms with Crippen LogP contribution >= 0.6 is 0 Å². The lowest BCUT2D eigenvalue weighted by Crippen LogP contribution is -1.93. The van der Waals surface area contributed by atoms with Gasteiger partial charge in [-0.1, -0.05) is 133 Å². The summed E-state index contributed by atoms with van der Waals surface area (Å²) in [6.45, 7) is 0. The van der Waals surface area contributed by atoms with Crippen LogP contribution < -0.4 is 0 Å². The van der Waals surface area contributed by atoms with Gasteiger partial charge in [0.05, 0.1) is 22.7 Å². The Morgan fingerprint density at radius 3 is 1.55 bits per heavy atom. The van der Waals surface area contributed by atoms with Crippen molar-refractivity contribution >= 4 is 64.9 Å². The van der Waals surface area contributed by atoms with Crippen molar-refractivity contribution in [2.45, 2.75) is 0 Å². The summed E-state index contributed by atoms with van der Waals surface area (Å²) in [5, 5.41) is 22.0. The summed E-state index contributed by atoms with van der Waals surface area (Å²) < 4.78 is 2.29. The van der Waals surface area contributed by atoms with E-state index in [2.05, 4.69) is 187 Å². The third-order valence-electron chi connectivity index (χ3n) is 11.4. The number of rotatable bonds is 4. The minimum atomic E-state index is 0.662. The quantitative estimate of drug-likeness (QED) is 0.168. The van der Waals surface area contributed by atoms with Gasteiger partial charge in [-0.25, -0.2) is 0 Å². The highest BCUT2D eigenvalue weighted by Crippen LogP contribution is 2.43. The van der Waals surface area contributed by atoms with Gasteiger partial charge in [-0.2, -0.15) is 5.26 Å². The molecule has 0 atom stereocenters. The molecule has 0 aliphatic carbocycles. The molecule has 55 heavy (non-hydrogen) atoms. The van der Waals surface area contributed by atoms with E-state index in [9.17, 15) is 5.26 Å². The molecule has 0 spiro atoms. The van der Waals surface area contributed by atoms with E-state index in [0.717, 1.165) is 38.6 Å². The van der Waals surface area contributed by atoms with Crippen LogP contribution in [0.4, 0.5) is 0 Å². The van der Waals surface area contributed by atoms with E-state index < -0.39 is 0 Å². The van der Waals surface area contributed by atoms with Gasteiger partial charge in [0, 0.05) is 16.5 Å². The Labute approximate surface area is 318 Å². The summed E-state index contributed by atoms with van der Waals surface area (Å²) in [6, 6.07) is 72.4. The SMILES string of the molecule is N#Cc1ccc2c(c1)c1cc(-c3ccc(-c4cc5c6ccccc6c(-c6ccc7ccccc7c6)cc5c5ccccc45)cc3)ccc1n2-c1ccccc1. The van der Waals surface area contributed by atoms with Crippen LogP contribution in [0, 0.1) is 11.3 Å². The number of fused-ring (bicyclic) bond motifs is 9. The second-order valence-corrected chi connectivity index (χ2v) is 14.4. The highest BCUT2D eigenvalue weighted by Gasteiger charge is 2.17. The predicted molar refractivity (Wildman–Crippen MR) is 232 cm³/mol. The largest absolute Gasteiger partial charge is 0.309 e. The zero-order valence-electron chi connectivity index (χ0n) is 29.9. The fourth-order valence-corrected chi connectivity index (χ4v) is 8.76. The molecule has 0 aliphatic rings. The normalized spacial score (nSPS) is 11.6. The minimum Gasteiger partial charge on any atom is -0.309 e. The second kappa shape index (κ2) is 12.3. The number of hydrogen-bond donors (Lipinski definition) is 0. The Hall–Kier alpha value is -7.47. The van der Waals surface area contributed by atoms with E-state index in [-0.39, 0.29) is 0 Å². The molecule has 0 aliphatic heterocycles. The number of aromatic nitrogens is 1. The van der Waals surface area contributed by atoms with Gasteiger partial charge in [0.1, 0.15) is 0 Å². The maximum Gasteiger partial charge on any atom is 0.0991 e. The highest BCUT2D eigenvalue weighted by molar-refractivity contribution is 6.24. The first-order valence-corrected chi connectivity index (χ1v) is 18.7. The molecule has 10 aromatic carbocycles. The Morgan fingerprint density at radius 2 is 0.855 bits per heavy atom. The van der Waals surface area contributed by atoms with Gasteiger partial charge in [0.15, 0.2) is 0 Å². The Morgan fingerprint density at radius 1 is 0.327 bits per heavy atom. The lowest BCUT2D eigenvalue weighted by molar-refractivity contribution is 1.18. The molecule has 0 unspecified atom stereocenters. The summed E-state index contributed by atoms with van der Waals surface area (Å²) in [7, 11) is 0. The average molecular weight is 697 g/mol. The maximum absolute atomic E-state index is 9.76. The predicted octanol–water partition coefficient (Wildman–Crippen LogP) is 14.3. The van der Waals surface area contributed by atoms with Crippen molar-refractivity contribution in [2.24, 2.45) is 0 Å². The Kier molecular flexibility index (Phi) is 6.96. The van der Waals surface area contributed by atoms with Crippen LogP contribution in [0.5, 0.6) is 0 Å². The van der Waals surface area contributed by atoms with E-state index in [0.29, 0.717) is 5.56 Å². The number of benzene rings is 10. The van der Waals surface area contributed by atoms with E-state index in [1.807, 2.05) is 18.2 Å². The molecule has 0 fully saturated rings. The molecule has 2 nitrogen and oxygen atoms in total. The molecule has 2 heteroatoms. The van der Waals surface area contributed by atoms with Crippen molar-refractivity contribution in [1.82, 2.24) is 4.57 Å². The molecule has 0 N–H and O–H groups in total. The first-order valence-electron chi connectivity index (χ1n) is 18.7. The van der Waals surface area contributed by atoms with E-state index in [4.69, 9.17) is 0 Å². The van der Waals surface area contributed by atoms with Crippen LogP contribution in [0.1, 0.15) is 5.56 Å². The van der Waals surface area contributed by atoms with Crippen molar-refractivity contribution < 1.29 is 0 Å². The molecule has 0 saturated heterocycles. The zero-order valence-corrected chi connectivity index (χ0v) is 29.9. The van der Waals surface area contributed by atoms with E-state index >= 15 is 0 Å². The van der Waals surface area contributed by atoms with Crippen LogP contribution in [0.15, 0.2) is 194 Å². The molecule has 0 saturated carbocycles. The molecular weight excluding hydrogens is 665 g/mol. The van der Waals surface area contributed by atoms with Gasteiger partial charge in [-0.3, -0.25) is 0 Å².